The zero-order valence-corrected chi connectivity index (χ0v) is 16.3. The Morgan fingerprint density at radius 2 is 1.70 bits per heavy atom. The second-order valence-electron chi connectivity index (χ2n) is 6.43. The summed E-state index contributed by atoms with van der Waals surface area (Å²) in [5, 5.41) is 2.94. The minimum atomic E-state index is -0.520. The quantitative estimate of drug-likeness (QED) is 0.740. The van der Waals surface area contributed by atoms with E-state index in [0.29, 0.717) is 19.5 Å². The highest BCUT2D eigenvalue weighted by atomic mass is 16.5. The van der Waals surface area contributed by atoms with Gasteiger partial charge in [-0.25, -0.2) is 0 Å². The highest BCUT2D eigenvalue weighted by Crippen LogP contribution is 2.12. The van der Waals surface area contributed by atoms with Gasteiger partial charge in [0.05, 0.1) is 7.11 Å². The largest absolute Gasteiger partial charge is 0.497 e. The summed E-state index contributed by atoms with van der Waals surface area (Å²) >= 11 is 0. The molecule has 0 saturated heterocycles. The summed E-state index contributed by atoms with van der Waals surface area (Å²) in [6, 6.07) is 17.0. The molecule has 2 aromatic rings. The van der Waals surface area contributed by atoms with E-state index in [1.807, 2.05) is 61.5 Å². The third-order valence-electron chi connectivity index (χ3n) is 4.54. The lowest BCUT2D eigenvalue weighted by Crippen LogP contribution is -2.47. The van der Waals surface area contributed by atoms with Gasteiger partial charge in [0, 0.05) is 19.5 Å². The average molecular weight is 368 g/mol. The summed E-state index contributed by atoms with van der Waals surface area (Å²) < 4.78 is 5.14. The molecule has 27 heavy (non-hydrogen) atoms. The normalized spacial score (nSPS) is 11.5. The van der Waals surface area contributed by atoms with E-state index >= 15 is 0 Å². The van der Waals surface area contributed by atoms with Crippen LogP contribution in [0.5, 0.6) is 5.75 Å². The first-order valence-electron chi connectivity index (χ1n) is 9.29. The third-order valence-corrected chi connectivity index (χ3v) is 4.54. The first kappa shape index (κ1) is 20.5. The van der Waals surface area contributed by atoms with E-state index < -0.39 is 6.04 Å². The van der Waals surface area contributed by atoms with Crippen molar-refractivity contribution >= 4 is 11.8 Å². The van der Waals surface area contributed by atoms with Crippen LogP contribution >= 0.6 is 0 Å². The molecule has 0 aliphatic carbocycles. The standard InChI is InChI=1S/C22H28N2O3/c1-4-21(25)24(16-19-8-6-5-7-9-19)17(2)22(26)23-15-14-18-10-12-20(27-3)13-11-18/h5-13,17H,4,14-16H2,1-3H3,(H,23,26)/t17-/m1/s1. The summed E-state index contributed by atoms with van der Waals surface area (Å²) in [6.07, 6.45) is 1.10. The first-order valence-corrected chi connectivity index (χ1v) is 9.29. The van der Waals surface area contributed by atoms with Gasteiger partial charge in [-0.2, -0.15) is 0 Å². The molecule has 2 rings (SSSR count). The monoisotopic (exact) mass is 368 g/mol. The number of ether oxygens (including phenoxy) is 1. The Bertz CT molecular complexity index is 729. The Morgan fingerprint density at radius 1 is 1.04 bits per heavy atom. The number of benzene rings is 2. The Balaban J connectivity index is 1.92. The van der Waals surface area contributed by atoms with Gasteiger partial charge in [-0.05, 0) is 36.6 Å². The van der Waals surface area contributed by atoms with Crippen LogP contribution in [0.15, 0.2) is 54.6 Å². The topological polar surface area (TPSA) is 58.6 Å². The fourth-order valence-corrected chi connectivity index (χ4v) is 2.84. The molecule has 5 heteroatoms. The Kier molecular flexibility index (Phi) is 7.86. The number of rotatable bonds is 9. The maximum Gasteiger partial charge on any atom is 0.242 e. The molecule has 144 valence electrons. The van der Waals surface area contributed by atoms with Crippen LogP contribution in [0.2, 0.25) is 0 Å². The summed E-state index contributed by atoms with van der Waals surface area (Å²) in [5.74, 6) is 0.643. The molecule has 0 heterocycles. The van der Waals surface area contributed by atoms with Gasteiger partial charge in [-0.15, -0.1) is 0 Å². The van der Waals surface area contributed by atoms with Gasteiger partial charge in [-0.1, -0.05) is 49.4 Å². The predicted octanol–water partition coefficient (Wildman–Crippen LogP) is 3.18. The molecule has 2 amide bonds. The average Bonchev–Trinajstić information content (AvgIpc) is 2.72. The number of methoxy groups -OCH3 is 1. The molecule has 1 atom stereocenters. The summed E-state index contributed by atoms with van der Waals surface area (Å²) in [5.41, 5.74) is 2.13. The van der Waals surface area contributed by atoms with Crippen molar-refractivity contribution in [2.75, 3.05) is 13.7 Å². The number of hydrogen-bond donors (Lipinski definition) is 1. The van der Waals surface area contributed by atoms with Crippen LogP contribution in [0.25, 0.3) is 0 Å². The van der Waals surface area contributed by atoms with E-state index in [-0.39, 0.29) is 11.8 Å². The van der Waals surface area contributed by atoms with Crippen molar-refractivity contribution in [3.05, 3.63) is 65.7 Å². The van der Waals surface area contributed by atoms with Crippen LogP contribution in [0.4, 0.5) is 0 Å². The maximum absolute atomic E-state index is 12.6. The molecule has 1 N–H and O–H groups in total. The van der Waals surface area contributed by atoms with E-state index in [2.05, 4.69) is 5.32 Å². The van der Waals surface area contributed by atoms with Crippen LogP contribution in [-0.2, 0) is 22.6 Å². The summed E-state index contributed by atoms with van der Waals surface area (Å²) in [7, 11) is 1.63. The molecule has 0 unspecified atom stereocenters. The molecule has 0 aromatic heterocycles. The fourth-order valence-electron chi connectivity index (χ4n) is 2.84. The van der Waals surface area contributed by atoms with Gasteiger partial charge < -0.3 is 15.0 Å². The van der Waals surface area contributed by atoms with E-state index in [0.717, 1.165) is 23.3 Å². The van der Waals surface area contributed by atoms with Gasteiger partial charge in [0.15, 0.2) is 0 Å². The van der Waals surface area contributed by atoms with Crippen molar-refractivity contribution in [3.63, 3.8) is 0 Å². The maximum atomic E-state index is 12.6. The van der Waals surface area contributed by atoms with E-state index in [4.69, 9.17) is 4.74 Å². The van der Waals surface area contributed by atoms with Gasteiger partial charge in [0.1, 0.15) is 11.8 Å². The smallest absolute Gasteiger partial charge is 0.242 e. The second-order valence-corrected chi connectivity index (χ2v) is 6.43. The molecule has 2 aromatic carbocycles. The second kappa shape index (κ2) is 10.4. The number of hydrogen-bond acceptors (Lipinski definition) is 3. The molecule has 0 aliphatic heterocycles. The molecule has 0 saturated carbocycles. The lowest BCUT2D eigenvalue weighted by molar-refractivity contribution is -0.140. The van der Waals surface area contributed by atoms with Crippen molar-refractivity contribution < 1.29 is 14.3 Å². The molecule has 0 fully saturated rings. The van der Waals surface area contributed by atoms with Crippen molar-refractivity contribution in [2.24, 2.45) is 0 Å². The van der Waals surface area contributed by atoms with Crippen LogP contribution in [0, 0.1) is 0 Å². The zero-order valence-electron chi connectivity index (χ0n) is 16.3. The lowest BCUT2D eigenvalue weighted by Gasteiger charge is -2.28. The minimum Gasteiger partial charge on any atom is -0.497 e. The van der Waals surface area contributed by atoms with Gasteiger partial charge in [-0.3, -0.25) is 9.59 Å². The lowest BCUT2D eigenvalue weighted by atomic mass is 10.1. The molecule has 5 nitrogen and oxygen atoms in total. The molecular formula is C22H28N2O3. The van der Waals surface area contributed by atoms with E-state index in [1.165, 1.54) is 0 Å². The number of nitrogens with one attached hydrogen (secondary N) is 1. The van der Waals surface area contributed by atoms with Crippen LogP contribution in [0.3, 0.4) is 0 Å². The van der Waals surface area contributed by atoms with Crippen molar-refractivity contribution in [1.82, 2.24) is 10.2 Å². The molecule has 0 radical (unpaired) electrons. The van der Waals surface area contributed by atoms with Crippen LogP contribution in [0.1, 0.15) is 31.4 Å². The third kappa shape index (κ3) is 6.13. The SMILES string of the molecule is CCC(=O)N(Cc1ccccc1)[C@H](C)C(=O)NCCc1ccc(OC)cc1. The summed E-state index contributed by atoms with van der Waals surface area (Å²) in [4.78, 5) is 26.5. The number of nitrogens with zero attached hydrogens (tertiary/aromatic N) is 1. The van der Waals surface area contributed by atoms with Crippen molar-refractivity contribution in [1.29, 1.82) is 0 Å². The highest BCUT2D eigenvalue weighted by Gasteiger charge is 2.24. The first-order chi connectivity index (χ1) is 13.0. The van der Waals surface area contributed by atoms with E-state index in [1.54, 1.807) is 18.9 Å². The molecule has 0 spiro atoms. The number of amides is 2. The van der Waals surface area contributed by atoms with E-state index in [9.17, 15) is 9.59 Å². The molecule has 0 bridgehead atoms. The van der Waals surface area contributed by atoms with Gasteiger partial charge >= 0.3 is 0 Å². The van der Waals surface area contributed by atoms with Gasteiger partial charge in [0.25, 0.3) is 0 Å². The van der Waals surface area contributed by atoms with Gasteiger partial charge in [0.2, 0.25) is 11.8 Å². The van der Waals surface area contributed by atoms with Crippen LogP contribution < -0.4 is 10.1 Å². The molecule has 0 aliphatic rings. The Labute approximate surface area is 161 Å². The number of carbonyl (C=O) groups is 2. The summed E-state index contributed by atoms with van der Waals surface area (Å²) in [6.45, 7) is 4.55. The minimum absolute atomic E-state index is 0.0309. The van der Waals surface area contributed by atoms with Crippen molar-refractivity contribution in [2.45, 2.75) is 39.3 Å². The zero-order chi connectivity index (χ0) is 19.6. The number of carbonyl (C=O) groups excluding carboxylic acids is 2. The Morgan fingerprint density at radius 3 is 2.30 bits per heavy atom. The molecular weight excluding hydrogens is 340 g/mol. The predicted molar refractivity (Wildman–Crippen MR) is 106 cm³/mol. The Hall–Kier alpha value is -2.82. The van der Waals surface area contributed by atoms with Crippen molar-refractivity contribution in [3.8, 4) is 5.75 Å². The van der Waals surface area contributed by atoms with Crippen LogP contribution in [-0.4, -0.2) is 36.4 Å². The highest BCUT2D eigenvalue weighted by molar-refractivity contribution is 5.87. The fraction of sp³-hybridized carbons (Fsp3) is 0.364.